The first-order valence-corrected chi connectivity index (χ1v) is 8.38. The van der Waals surface area contributed by atoms with Crippen LogP contribution in [0.3, 0.4) is 0 Å². The molecule has 0 saturated carbocycles. The molecule has 0 amide bonds. The molecule has 1 N–H and O–H groups in total. The van der Waals surface area contributed by atoms with Crippen LogP contribution in [0.15, 0.2) is 22.7 Å². The number of piperazine rings is 1. The van der Waals surface area contributed by atoms with E-state index in [4.69, 9.17) is 11.6 Å². The first-order chi connectivity index (χ1) is 9.65. The molecule has 0 unspecified atom stereocenters. The molecule has 0 radical (unpaired) electrons. The average Bonchev–Trinajstić information content (AvgIpc) is 2.44. The molecule has 112 valence electrons. The van der Waals surface area contributed by atoms with Gasteiger partial charge in [-0.05, 0) is 50.3 Å². The Morgan fingerprint density at radius 2 is 2.00 bits per heavy atom. The summed E-state index contributed by atoms with van der Waals surface area (Å²) in [5.41, 5.74) is 1.22. The van der Waals surface area contributed by atoms with Gasteiger partial charge in [0.1, 0.15) is 0 Å². The van der Waals surface area contributed by atoms with Crippen molar-refractivity contribution in [1.82, 2.24) is 15.1 Å². The summed E-state index contributed by atoms with van der Waals surface area (Å²) in [5.74, 6) is 0. The van der Waals surface area contributed by atoms with Gasteiger partial charge in [-0.1, -0.05) is 27.5 Å². The molecule has 1 aliphatic heterocycles. The van der Waals surface area contributed by atoms with Crippen LogP contribution in [0.4, 0.5) is 0 Å². The maximum absolute atomic E-state index is 6.01. The molecule has 3 nitrogen and oxygen atoms in total. The van der Waals surface area contributed by atoms with Crippen molar-refractivity contribution in [2.24, 2.45) is 0 Å². The van der Waals surface area contributed by atoms with Gasteiger partial charge in [-0.3, -0.25) is 0 Å². The van der Waals surface area contributed by atoms with Gasteiger partial charge < -0.3 is 15.1 Å². The fourth-order valence-electron chi connectivity index (χ4n) is 2.40. The van der Waals surface area contributed by atoms with Crippen molar-refractivity contribution in [3.63, 3.8) is 0 Å². The summed E-state index contributed by atoms with van der Waals surface area (Å²) >= 11 is 9.57. The van der Waals surface area contributed by atoms with Crippen LogP contribution >= 0.6 is 27.5 Å². The highest BCUT2D eigenvalue weighted by molar-refractivity contribution is 9.10. The third kappa shape index (κ3) is 5.34. The molecule has 1 fully saturated rings. The molecule has 1 saturated heterocycles. The zero-order valence-electron chi connectivity index (χ0n) is 12.0. The van der Waals surface area contributed by atoms with E-state index in [1.165, 1.54) is 44.7 Å². The van der Waals surface area contributed by atoms with E-state index in [2.05, 4.69) is 38.1 Å². The van der Waals surface area contributed by atoms with Crippen molar-refractivity contribution < 1.29 is 0 Å². The Labute approximate surface area is 135 Å². The zero-order chi connectivity index (χ0) is 14.4. The monoisotopic (exact) mass is 359 g/mol. The minimum atomic E-state index is 0.794. The van der Waals surface area contributed by atoms with Crippen LogP contribution in [-0.4, -0.2) is 56.1 Å². The lowest BCUT2D eigenvalue weighted by Gasteiger charge is -2.32. The molecule has 1 aromatic rings. The molecule has 0 aliphatic carbocycles. The van der Waals surface area contributed by atoms with Gasteiger partial charge in [0, 0.05) is 42.2 Å². The van der Waals surface area contributed by atoms with Gasteiger partial charge in [0.05, 0.1) is 0 Å². The molecule has 1 aliphatic rings. The second-order valence-corrected chi connectivity index (χ2v) is 6.70. The number of hydrogen-bond donors (Lipinski definition) is 1. The number of rotatable bonds is 6. The predicted octanol–water partition coefficient (Wildman–Crippen LogP) is 2.83. The Hall–Kier alpha value is -0.130. The van der Waals surface area contributed by atoms with Crippen LogP contribution in [0.2, 0.25) is 5.02 Å². The van der Waals surface area contributed by atoms with Gasteiger partial charge in [0.25, 0.3) is 0 Å². The van der Waals surface area contributed by atoms with Gasteiger partial charge >= 0.3 is 0 Å². The van der Waals surface area contributed by atoms with Crippen LogP contribution in [0.1, 0.15) is 12.0 Å². The molecule has 1 aromatic carbocycles. The molecule has 2 rings (SSSR count). The summed E-state index contributed by atoms with van der Waals surface area (Å²) < 4.78 is 1.12. The molecule has 20 heavy (non-hydrogen) atoms. The molecule has 0 bridgehead atoms. The third-order valence-corrected chi connectivity index (χ3v) is 4.76. The number of benzene rings is 1. The Morgan fingerprint density at radius 3 is 2.75 bits per heavy atom. The number of nitrogens with one attached hydrogen (secondary N) is 1. The van der Waals surface area contributed by atoms with Crippen molar-refractivity contribution in [1.29, 1.82) is 0 Å². The molecule has 0 aromatic heterocycles. The van der Waals surface area contributed by atoms with Crippen molar-refractivity contribution in [2.75, 3.05) is 46.3 Å². The molecule has 0 atom stereocenters. The molecular formula is C15H23BrClN3. The summed E-state index contributed by atoms with van der Waals surface area (Å²) in [6, 6.07) is 5.92. The van der Waals surface area contributed by atoms with Crippen LogP contribution in [-0.2, 0) is 6.54 Å². The van der Waals surface area contributed by atoms with E-state index in [0.29, 0.717) is 0 Å². The van der Waals surface area contributed by atoms with E-state index in [1.807, 2.05) is 18.2 Å². The van der Waals surface area contributed by atoms with Crippen molar-refractivity contribution in [2.45, 2.75) is 13.0 Å². The van der Waals surface area contributed by atoms with E-state index < -0.39 is 0 Å². The lowest BCUT2D eigenvalue weighted by Crippen LogP contribution is -2.45. The second-order valence-electron chi connectivity index (χ2n) is 5.41. The lowest BCUT2D eigenvalue weighted by atomic mass is 10.2. The summed E-state index contributed by atoms with van der Waals surface area (Å²) in [4.78, 5) is 4.95. The van der Waals surface area contributed by atoms with E-state index in [1.54, 1.807) is 0 Å². The Bertz CT molecular complexity index is 420. The highest BCUT2D eigenvalue weighted by Crippen LogP contribution is 2.20. The maximum Gasteiger partial charge on any atom is 0.0410 e. The molecular weight excluding hydrogens is 338 g/mol. The first-order valence-electron chi connectivity index (χ1n) is 7.21. The normalized spacial score (nSPS) is 17.6. The molecule has 1 heterocycles. The third-order valence-electron chi connectivity index (χ3n) is 3.75. The Morgan fingerprint density at radius 1 is 1.25 bits per heavy atom. The van der Waals surface area contributed by atoms with Crippen LogP contribution in [0.25, 0.3) is 0 Å². The minimum Gasteiger partial charge on any atom is -0.313 e. The van der Waals surface area contributed by atoms with Crippen LogP contribution in [0.5, 0.6) is 0 Å². The summed E-state index contributed by atoms with van der Waals surface area (Å²) in [5, 5.41) is 4.29. The van der Waals surface area contributed by atoms with E-state index in [-0.39, 0.29) is 0 Å². The average molecular weight is 361 g/mol. The smallest absolute Gasteiger partial charge is 0.0410 e. The topological polar surface area (TPSA) is 18.5 Å². The number of halogens is 2. The minimum absolute atomic E-state index is 0.794. The van der Waals surface area contributed by atoms with Gasteiger partial charge in [-0.15, -0.1) is 0 Å². The summed E-state index contributed by atoms with van der Waals surface area (Å²) in [7, 11) is 2.20. The van der Waals surface area contributed by atoms with E-state index in [0.717, 1.165) is 22.6 Å². The van der Waals surface area contributed by atoms with Gasteiger partial charge in [-0.2, -0.15) is 0 Å². The molecule has 5 heteroatoms. The Balaban J connectivity index is 1.61. The van der Waals surface area contributed by atoms with Crippen LogP contribution < -0.4 is 5.32 Å². The van der Waals surface area contributed by atoms with Crippen molar-refractivity contribution in [3.8, 4) is 0 Å². The lowest BCUT2D eigenvalue weighted by molar-refractivity contribution is 0.153. The molecule has 0 spiro atoms. The van der Waals surface area contributed by atoms with Gasteiger partial charge in [0.2, 0.25) is 0 Å². The first kappa shape index (κ1) is 16.2. The second kappa shape index (κ2) is 8.35. The van der Waals surface area contributed by atoms with E-state index >= 15 is 0 Å². The number of nitrogens with zero attached hydrogens (tertiary/aromatic N) is 2. The number of likely N-dealkylation sites (N-methyl/N-ethyl adjacent to an activating group) is 1. The largest absolute Gasteiger partial charge is 0.313 e. The maximum atomic E-state index is 6.01. The quantitative estimate of drug-likeness (QED) is 0.787. The Kier molecular flexibility index (Phi) is 6.78. The van der Waals surface area contributed by atoms with Crippen LogP contribution in [0, 0.1) is 0 Å². The van der Waals surface area contributed by atoms with Crippen molar-refractivity contribution in [3.05, 3.63) is 33.3 Å². The fraction of sp³-hybridized carbons (Fsp3) is 0.600. The van der Waals surface area contributed by atoms with Crippen molar-refractivity contribution >= 4 is 27.5 Å². The standard InChI is InChI=1S/C15H23BrClN3/c1-19-7-9-20(10-8-19)6-2-5-18-12-13-11-14(17)3-4-15(13)16/h3-4,11,18H,2,5-10,12H2,1H3. The fourth-order valence-corrected chi connectivity index (χ4v) is 2.98. The highest BCUT2D eigenvalue weighted by Gasteiger charge is 2.12. The van der Waals surface area contributed by atoms with Gasteiger partial charge in [0.15, 0.2) is 0 Å². The van der Waals surface area contributed by atoms with Gasteiger partial charge in [-0.25, -0.2) is 0 Å². The predicted molar refractivity (Wildman–Crippen MR) is 89.4 cm³/mol. The zero-order valence-corrected chi connectivity index (χ0v) is 14.4. The van der Waals surface area contributed by atoms with E-state index in [9.17, 15) is 0 Å². The number of hydrogen-bond acceptors (Lipinski definition) is 3. The highest BCUT2D eigenvalue weighted by atomic mass is 79.9. The summed E-state index contributed by atoms with van der Waals surface area (Å²) in [6.45, 7) is 7.91. The summed E-state index contributed by atoms with van der Waals surface area (Å²) in [6.07, 6.45) is 1.20. The SMILES string of the molecule is CN1CCN(CCCNCc2cc(Cl)ccc2Br)CC1.